The summed E-state index contributed by atoms with van der Waals surface area (Å²) >= 11 is 0. The number of carbonyl (C=O) groups excluding carboxylic acids is 1. The fourth-order valence-electron chi connectivity index (χ4n) is 3.21. The number of pyridine rings is 1. The zero-order valence-corrected chi connectivity index (χ0v) is 14.9. The maximum atomic E-state index is 12.2. The highest BCUT2D eigenvalue weighted by Gasteiger charge is 2.33. The Hall–Kier alpha value is -3.68. The van der Waals surface area contributed by atoms with Gasteiger partial charge in [0.1, 0.15) is 11.8 Å². The second kappa shape index (κ2) is 6.56. The molecule has 1 aliphatic heterocycles. The first-order valence-corrected chi connectivity index (χ1v) is 8.37. The Morgan fingerprint density at radius 1 is 1.30 bits per heavy atom. The number of benzene rings is 1. The van der Waals surface area contributed by atoms with Crippen LogP contribution in [0.4, 0.5) is 5.95 Å². The Kier molecular flexibility index (Phi) is 4.08. The average molecular weight is 362 g/mol. The van der Waals surface area contributed by atoms with Crippen LogP contribution in [0.5, 0.6) is 5.75 Å². The predicted octanol–water partition coefficient (Wildman–Crippen LogP) is 2.12. The van der Waals surface area contributed by atoms with E-state index in [9.17, 15) is 4.79 Å². The number of allylic oxidation sites excluding steroid dienone is 1. The predicted molar refractivity (Wildman–Crippen MR) is 99.9 cm³/mol. The van der Waals surface area contributed by atoms with Crippen molar-refractivity contribution in [2.24, 2.45) is 5.73 Å². The summed E-state index contributed by atoms with van der Waals surface area (Å²) in [4.78, 5) is 20.9. The third-order valence-corrected chi connectivity index (χ3v) is 4.45. The quantitative estimate of drug-likeness (QED) is 0.736. The topological polar surface area (TPSA) is 108 Å². The van der Waals surface area contributed by atoms with Gasteiger partial charge in [-0.05, 0) is 36.8 Å². The SMILES string of the molecule is COc1cccc(C2C(C(N)=O)=C(C)Nc3nc(-c4cccnc4)nn32)c1. The molecule has 8 heteroatoms. The van der Waals surface area contributed by atoms with E-state index >= 15 is 0 Å². The van der Waals surface area contributed by atoms with Gasteiger partial charge in [-0.15, -0.1) is 5.10 Å². The molecule has 8 nitrogen and oxygen atoms in total. The summed E-state index contributed by atoms with van der Waals surface area (Å²) in [6, 6.07) is 10.7. The van der Waals surface area contributed by atoms with Crippen LogP contribution in [0.1, 0.15) is 18.5 Å². The zero-order chi connectivity index (χ0) is 19.0. The van der Waals surface area contributed by atoms with Gasteiger partial charge >= 0.3 is 0 Å². The number of amides is 1. The van der Waals surface area contributed by atoms with Gasteiger partial charge in [0.05, 0.1) is 12.7 Å². The van der Waals surface area contributed by atoms with E-state index in [-0.39, 0.29) is 0 Å². The Morgan fingerprint density at radius 2 is 2.15 bits per heavy atom. The molecule has 3 aromatic rings. The number of hydrogen-bond acceptors (Lipinski definition) is 6. The van der Waals surface area contributed by atoms with Gasteiger partial charge in [0.25, 0.3) is 0 Å². The lowest BCUT2D eigenvalue weighted by Gasteiger charge is -2.27. The lowest BCUT2D eigenvalue weighted by Crippen LogP contribution is -2.31. The van der Waals surface area contributed by atoms with E-state index < -0.39 is 11.9 Å². The van der Waals surface area contributed by atoms with Gasteiger partial charge in [-0.25, -0.2) is 4.68 Å². The molecule has 27 heavy (non-hydrogen) atoms. The van der Waals surface area contributed by atoms with Gasteiger partial charge in [0.15, 0.2) is 5.82 Å². The van der Waals surface area contributed by atoms with Gasteiger partial charge in [-0.1, -0.05) is 12.1 Å². The fraction of sp³-hybridized carbons (Fsp3) is 0.158. The van der Waals surface area contributed by atoms with Crippen LogP contribution in [0.2, 0.25) is 0 Å². The van der Waals surface area contributed by atoms with Crippen LogP contribution in [0.3, 0.4) is 0 Å². The first-order valence-electron chi connectivity index (χ1n) is 8.37. The number of carbonyl (C=O) groups is 1. The van der Waals surface area contributed by atoms with Crippen molar-refractivity contribution in [2.45, 2.75) is 13.0 Å². The average Bonchev–Trinajstić information content (AvgIpc) is 3.11. The highest BCUT2D eigenvalue weighted by Crippen LogP contribution is 2.36. The molecule has 0 aliphatic carbocycles. The molecule has 0 fully saturated rings. The lowest BCUT2D eigenvalue weighted by atomic mass is 9.95. The van der Waals surface area contributed by atoms with Crippen LogP contribution in [0, 0.1) is 0 Å². The van der Waals surface area contributed by atoms with Crippen molar-refractivity contribution < 1.29 is 9.53 Å². The summed E-state index contributed by atoms with van der Waals surface area (Å²) < 4.78 is 7.00. The molecule has 1 aliphatic rings. The molecule has 1 atom stereocenters. The molecule has 1 amide bonds. The molecule has 0 bridgehead atoms. The van der Waals surface area contributed by atoms with Crippen LogP contribution in [-0.4, -0.2) is 32.8 Å². The summed E-state index contributed by atoms with van der Waals surface area (Å²) in [5.41, 5.74) is 8.37. The number of fused-ring (bicyclic) bond motifs is 1. The van der Waals surface area contributed by atoms with Crippen molar-refractivity contribution in [3.8, 4) is 17.1 Å². The molecular formula is C19H18N6O2. The van der Waals surface area contributed by atoms with Gasteiger partial charge in [0, 0.05) is 23.7 Å². The number of aromatic nitrogens is 4. The molecule has 3 heterocycles. The van der Waals surface area contributed by atoms with Crippen molar-refractivity contribution in [1.29, 1.82) is 0 Å². The highest BCUT2D eigenvalue weighted by atomic mass is 16.5. The minimum Gasteiger partial charge on any atom is -0.497 e. The Balaban J connectivity index is 1.89. The third-order valence-electron chi connectivity index (χ3n) is 4.45. The van der Waals surface area contributed by atoms with E-state index in [1.807, 2.05) is 36.4 Å². The van der Waals surface area contributed by atoms with Crippen LogP contribution < -0.4 is 15.8 Å². The number of nitrogens with zero attached hydrogens (tertiary/aromatic N) is 4. The number of anilines is 1. The van der Waals surface area contributed by atoms with Gasteiger partial charge in [0.2, 0.25) is 11.9 Å². The summed E-state index contributed by atoms with van der Waals surface area (Å²) in [7, 11) is 1.60. The van der Waals surface area contributed by atoms with Crippen molar-refractivity contribution in [3.63, 3.8) is 0 Å². The molecule has 1 aromatic carbocycles. The summed E-state index contributed by atoms with van der Waals surface area (Å²) in [5, 5.41) is 7.75. The van der Waals surface area contributed by atoms with Crippen molar-refractivity contribution >= 4 is 11.9 Å². The number of ether oxygens (including phenoxy) is 1. The number of nitrogens with two attached hydrogens (primary N) is 1. The van der Waals surface area contributed by atoms with E-state index in [2.05, 4.69) is 20.4 Å². The van der Waals surface area contributed by atoms with Crippen molar-refractivity contribution in [3.05, 3.63) is 65.6 Å². The maximum Gasteiger partial charge on any atom is 0.248 e. The number of primary amides is 1. The maximum absolute atomic E-state index is 12.2. The number of hydrogen-bond donors (Lipinski definition) is 2. The molecular weight excluding hydrogens is 344 g/mol. The smallest absolute Gasteiger partial charge is 0.248 e. The standard InChI is InChI=1S/C19H18N6O2/c1-11-15(17(20)26)16(12-5-3-7-14(9-12)27-2)25-19(22-11)23-18(24-25)13-6-4-8-21-10-13/h3-10,16H,1-2H3,(H2,20,26)(H,22,23,24). The summed E-state index contributed by atoms with van der Waals surface area (Å²) in [6.07, 6.45) is 3.38. The molecule has 0 spiro atoms. The van der Waals surface area contributed by atoms with Crippen LogP contribution in [-0.2, 0) is 4.79 Å². The van der Waals surface area contributed by atoms with E-state index in [0.29, 0.717) is 28.8 Å². The van der Waals surface area contributed by atoms with Crippen LogP contribution >= 0.6 is 0 Å². The zero-order valence-electron chi connectivity index (χ0n) is 14.9. The van der Waals surface area contributed by atoms with E-state index in [1.165, 1.54) is 0 Å². The molecule has 4 rings (SSSR count). The molecule has 1 unspecified atom stereocenters. The molecule has 3 N–H and O–H groups in total. The number of rotatable bonds is 4. The third kappa shape index (κ3) is 2.91. The van der Waals surface area contributed by atoms with Crippen LogP contribution in [0.25, 0.3) is 11.4 Å². The monoisotopic (exact) mass is 362 g/mol. The largest absolute Gasteiger partial charge is 0.497 e. The van der Waals surface area contributed by atoms with Crippen LogP contribution in [0.15, 0.2) is 60.1 Å². The van der Waals surface area contributed by atoms with E-state index in [4.69, 9.17) is 10.5 Å². The summed E-state index contributed by atoms with van der Waals surface area (Å²) in [6.45, 7) is 1.80. The fourth-order valence-corrected chi connectivity index (χ4v) is 3.21. The first kappa shape index (κ1) is 16.8. The normalized spacial score (nSPS) is 15.9. The molecule has 0 radical (unpaired) electrons. The lowest BCUT2D eigenvalue weighted by molar-refractivity contribution is -0.115. The van der Waals surface area contributed by atoms with E-state index in [1.54, 1.807) is 31.1 Å². The second-order valence-electron chi connectivity index (χ2n) is 6.15. The van der Waals surface area contributed by atoms with Gasteiger partial charge in [-0.3, -0.25) is 9.78 Å². The number of methoxy groups -OCH3 is 1. The van der Waals surface area contributed by atoms with E-state index in [0.717, 1.165) is 11.1 Å². The van der Waals surface area contributed by atoms with Gasteiger partial charge < -0.3 is 15.8 Å². The second-order valence-corrected chi connectivity index (χ2v) is 6.15. The highest BCUT2D eigenvalue weighted by molar-refractivity contribution is 5.95. The van der Waals surface area contributed by atoms with Crippen molar-refractivity contribution in [1.82, 2.24) is 19.7 Å². The Bertz CT molecular complexity index is 1040. The molecule has 0 saturated carbocycles. The van der Waals surface area contributed by atoms with Gasteiger partial charge in [-0.2, -0.15) is 4.98 Å². The Labute approximate surface area is 155 Å². The minimum absolute atomic E-state index is 0.429. The molecule has 2 aromatic heterocycles. The van der Waals surface area contributed by atoms with Crippen molar-refractivity contribution in [2.75, 3.05) is 12.4 Å². The molecule has 136 valence electrons. The minimum atomic E-state index is -0.517. The number of nitrogens with one attached hydrogen (secondary N) is 1. The molecule has 0 saturated heterocycles. The Morgan fingerprint density at radius 3 is 2.85 bits per heavy atom. The first-order chi connectivity index (χ1) is 13.1. The summed E-state index contributed by atoms with van der Waals surface area (Å²) in [5.74, 6) is 1.21.